The second-order valence-corrected chi connectivity index (χ2v) is 7.31. The van der Waals surface area contributed by atoms with Gasteiger partial charge in [0.1, 0.15) is 10.4 Å². The normalized spacial score (nSPS) is 12.2. The third-order valence-corrected chi connectivity index (χ3v) is 5.37. The molecular weight excluding hydrogens is 380 g/mol. The third kappa shape index (κ3) is 3.53. The molecule has 0 saturated heterocycles. The highest BCUT2D eigenvalue weighted by Crippen LogP contribution is 2.30. The topological polar surface area (TPSA) is 55.7 Å². The molecule has 0 spiro atoms. The van der Waals surface area contributed by atoms with Gasteiger partial charge in [-0.05, 0) is 17.7 Å². The molecule has 0 bridgehead atoms. The number of benzene rings is 3. The largest absolute Gasteiger partial charge is 0.334 e. The summed E-state index contributed by atoms with van der Waals surface area (Å²) in [6.45, 7) is 0. The van der Waals surface area contributed by atoms with Crippen LogP contribution in [-0.2, 0) is 0 Å². The van der Waals surface area contributed by atoms with Gasteiger partial charge in [-0.1, -0.05) is 95.4 Å². The summed E-state index contributed by atoms with van der Waals surface area (Å²) in [5.41, 5.74) is 4.22. The van der Waals surface area contributed by atoms with E-state index in [9.17, 15) is 0 Å². The SMILES string of the molecule is C(=N/n1c(=Nc2ccccc2)sc2c(-c3ccccc3)noc21)/c1ccccc1. The van der Waals surface area contributed by atoms with Crippen molar-refractivity contribution < 1.29 is 4.52 Å². The van der Waals surface area contributed by atoms with Crippen LogP contribution in [0.3, 0.4) is 0 Å². The first-order chi connectivity index (χ1) is 14.4. The average Bonchev–Trinajstić information content (AvgIpc) is 3.33. The second kappa shape index (κ2) is 7.69. The van der Waals surface area contributed by atoms with Gasteiger partial charge in [-0.2, -0.15) is 9.78 Å². The van der Waals surface area contributed by atoms with Gasteiger partial charge in [-0.25, -0.2) is 4.99 Å². The molecule has 2 heterocycles. The molecule has 29 heavy (non-hydrogen) atoms. The molecule has 0 radical (unpaired) electrons. The van der Waals surface area contributed by atoms with Crippen molar-refractivity contribution >= 4 is 33.7 Å². The summed E-state index contributed by atoms with van der Waals surface area (Å²) in [7, 11) is 0. The molecule has 140 valence electrons. The van der Waals surface area contributed by atoms with Gasteiger partial charge < -0.3 is 4.52 Å². The number of hydrogen-bond acceptors (Lipinski definition) is 5. The van der Waals surface area contributed by atoms with Gasteiger partial charge >= 0.3 is 0 Å². The quantitative estimate of drug-likeness (QED) is 0.378. The van der Waals surface area contributed by atoms with Crippen LogP contribution in [0, 0.1) is 0 Å². The molecule has 5 nitrogen and oxygen atoms in total. The predicted molar refractivity (Wildman–Crippen MR) is 116 cm³/mol. The summed E-state index contributed by atoms with van der Waals surface area (Å²) in [5.74, 6) is 0. The zero-order valence-electron chi connectivity index (χ0n) is 15.3. The van der Waals surface area contributed by atoms with Gasteiger partial charge in [0.05, 0.1) is 11.9 Å². The monoisotopic (exact) mass is 396 g/mol. The molecule has 0 atom stereocenters. The van der Waals surface area contributed by atoms with E-state index in [1.807, 2.05) is 91.0 Å². The summed E-state index contributed by atoms with van der Waals surface area (Å²) in [6.07, 6.45) is 1.79. The van der Waals surface area contributed by atoms with Gasteiger partial charge in [0.15, 0.2) is 0 Å². The Kier molecular flexibility index (Phi) is 4.60. The first-order valence-electron chi connectivity index (χ1n) is 9.14. The fourth-order valence-electron chi connectivity index (χ4n) is 2.95. The van der Waals surface area contributed by atoms with Crippen molar-refractivity contribution in [3.63, 3.8) is 0 Å². The first-order valence-corrected chi connectivity index (χ1v) is 9.96. The molecule has 0 aliphatic heterocycles. The molecule has 0 amide bonds. The number of aromatic nitrogens is 2. The van der Waals surface area contributed by atoms with E-state index in [1.165, 1.54) is 11.3 Å². The highest BCUT2D eigenvalue weighted by Gasteiger charge is 2.17. The van der Waals surface area contributed by atoms with Crippen LogP contribution in [0.25, 0.3) is 21.7 Å². The van der Waals surface area contributed by atoms with E-state index in [0.29, 0.717) is 5.71 Å². The number of hydrogen-bond donors (Lipinski definition) is 0. The molecule has 0 aliphatic rings. The molecule has 3 aromatic carbocycles. The maximum atomic E-state index is 5.69. The van der Waals surface area contributed by atoms with E-state index in [4.69, 9.17) is 9.52 Å². The van der Waals surface area contributed by atoms with Crippen LogP contribution < -0.4 is 4.80 Å². The minimum absolute atomic E-state index is 0.579. The highest BCUT2D eigenvalue weighted by molar-refractivity contribution is 7.16. The van der Waals surface area contributed by atoms with E-state index in [2.05, 4.69) is 10.3 Å². The van der Waals surface area contributed by atoms with Crippen LogP contribution in [-0.4, -0.2) is 16.0 Å². The van der Waals surface area contributed by atoms with Crippen molar-refractivity contribution in [2.75, 3.05) is 0 Å². The van der Waals surface area contributed by atoms with E-state index in [1.54, 1.807) is 10.9 Å². The minimum Gasteiger partial charge on any atom is -0.334 e. The van der Waals surface area contributed by atoms with E-state index in [-0.39, 0.29) is 0 Å². The Hall–Kier alpha value is -3.77. The van der Waals surface area contributed by atoms with Crippen LogP contribution in [0.4, 0.5) is 5.69 Å². The Morgan fingerprint density at radius 1 is 0.828 bits per heavy atom. The van der Waals surface area contributed by atoms with Gasteiger partial charge in [0, 0.05) is 5.56 Å². The molecule has 0 unspecified atom stereocenters. The fraction of sp³-hybridized carbons (Fsp3) is 0. The van der Waals surface area contributed by atoms with Crippen LogP contribution in [0.1, 0.15) is 5.56 Å². The fourth-order valence-corrected chi connectivity index (χ4v) is 3.96. The standard InChI is InChI=1S/C23H16N4OS/c1-4-10-17(11-5-1)16-24-27-22-21(20(26-28-22)18-12-6-2-7-13-18)29-23(27)25-19-14-8-3-9-15-19/h1-16H/b24-16-,25-23?. The number of thiazole rings is 1. The first kappa shape index (κ1) is 17.3. The molecule has 0 N–H and O–H groups in total. The molecule has 5 rings (SSSR count). The van der Waals surface area contributed by atoms with Crippen molar-refractivity contribution in [2.45, 2.75) is 0 Å². The van der Waals surface area contributed by atoms with Crippen molar-refractivity contribution in [1.82, 2.24) is 9.83 Å². The molecule has 0 saturated carbocycles. The number of para-hydroxylation sites is 1. The van der Waals surface area contributed by atoms with E-state index < -0.39 is 0 Å². The Bertz CT molecular complexity index is 1330. The summed E-state index contributed by atoms with van der Waals surface area (Å²) >= 11 is 1.51. The number of fused-ring (bicyclic) bond motifs is 1. The van der Waals surface area contributed by atoms with Crippen molar-refractivity contribution in [2.24, 2.45) is 10.1 Å². The van der Waals surface area contributed by atoms with E-state index in [0.717, 1.165) is 32.0 Å². The lowest BCUT2D eigenvalue weighted by atomic mass is 10.2. The van der Waals surface area contributed by atoms with Crippen molar-refractivity contribution in [3.05, 3.63) is 101 Å². The Labute approximate surface area is 170 Å². The summed E-state index contributed by atoms with van der Waals surface area (Å²) in [5, 5.41) is 8.93. The van der Waals surface area contributed by atoms with Crippen LogP contribution in [0.2, 0.25) is 0 Å². The highest BCUT2D eigenvalue weighted by atomic mass is 32.1. The lowest BCUT2D eigenvalue weighted by Gasteiger charge is -1.95. The van der Waals surface area contributed by atoms with Crippen LogP contribution in [0.5, 0.6) is 0 Å². The number of rotatable bonds is 4. The van der Waals surface area contributed by atoms with Gasteiger partial charge in [-0.3, -0.25) is 0 Å². The predicted octanol–water partition coefficient (Wildman–Crippen LogP) is 5.47. The Morgan fingerprint density at radius 2 is 1.48 bits per heavy atom. The molecule has 5 aromatic rings. The summed E-state index contributed by atoms with van der Waals surface area (Å²) in [4.78, 5) is 5.50. The van der Waals surface area contributed by atoms with Gasteiger partial charge in [0.25, 0.3) is 5.71 Å². The maximum Gasteiger partial charge on any atom is 0.272 e. The van der Waals surface area contributed by atoms with Crippen LogP contribution >= 0.6 is 11.3 Å². The minimum atomic E-state index is 0.579. The maximum absolute atomic E-state index is 5.69. The summed E-state index contributed by atoms with van der Waals surface area (Å²) in [6, 6.07) is 29.7. The lowest BCUT2D eigenvalue weighted by molar-refractivity contribution is 0.439. The zero-order valence-corrected chi connectivity index (χ0v) is 16.2. The molecule has 0 aliphatic carbocycles. The Balaban J connectivity index is 1.70. The van der Waals surface area contributed by atoms with Crippen molar-refractivity contribution in [3.8, 4) is 11.3 Å². The number of nitrogens with zero attached hydrogens (tertiary/aromatic N) is 4. The van der Waals surface area contributed by atoms with E-state index >= 15 is 0 Å². The van der Waals surface area contributed by atoms with Gasteiger partial charge in [0.2, 0.25) is 4.80 Å². The third-order valence-electron chi connectivity index (χ3n) is 4.35. The lowest BCUT2D eigenvalue weighted by Crippen LogP contribution is -2.09. The molecule has 2 aromatic heterocycles. The summed E-state index contributed by atoms with van der Waals surface area (Å²) < 4.78 is 8.31. The average molecular weight is 396 g/mol. The molecular formula is C23H16N4OS. The zero-order chi connectivity index (χ0) is 19.5. The van der Waals surface area contributed by atoms with Crippen molar-refractivity contribution in [1.29, 1.82) is 0 Å². The van der Waals surface area contributed by atoms with Gasteiger partial charge in [-0.15, -0.1) is 0 Å². The molecule has 6 heteroatoms. The Morgan fingerprint density at radius 3 is 2.21 bits per heavy atom. The second-order valence-electron chi connectivity index (χ2n) is 6.33. The molecule has 0 fully saturated rings. The smallest absolute Gasteiger partial charge is 0.272 e. The van der Waals surface area contributed by atoms with Crippen LogP contribution in [0.15, 0.2) is 106 Å².